The number of amides is 1. The second kappa shape index (κ2) is 6.05. The molecule has 1 aliphatic carbocycles. The van der Waals surface area contributed by atoms with Gasteiger partial charge in [0.25, 0.3) is 5.91 Å². The van der Waals surface area contributed by atoms with E-state index in [0.29, 0.717) is 17.5 Å². The van der Waals surface area contributed by atoms with Crippen LogP contribution >= 0.6 is 0 Å². The average Bonchev–Trinajstić information content (AvgIpc) is 3.45. The standard InChI is InChI=1S/C20H19N5O/c26-20(24-12-14-6-7-18(24)8-14)17-9-16(15-4-2-1-3-5-15)10-19(11-17)25-13-21-22-23-25/h1-5,9-11,13-14,18H,6-8,12H2. The van der Waals surface area contributed by atoms with Gasteiger partial charge in [0.05, 0.1) is 5.69 Å². The highest BCUT2D eigenvalue weighted by Gasteiger charge is 2.40. The minimum absolute atomic E-state index is 0.115. The largest absolute Gasteiger partial charge is 0.335 e. The molecule has 26 heavy (non-hydrogen) atoms. The average molecular weight is 345 g/mol. The van der Waals surface area contributed by atoms with Crippen molar-refractivity contribution in [3.63, 3.8) is 0 Å². The van der Waals surface area contributed by atoms with Crippen molar-refractivity contribution < 1.29 is 4.79 Å². The van der Waals surface area contributed by atoms with E-state index in [4.69, 9.17) is 0 Å². The number of nitrogens with zero attached hydrogens (tertiary/aromatic N) is 5. The fraction of sp³-hybridized carbons (Fsp3) is 0.300. The van der Waals surface area contributed by atoms with Gasteiger partial charge in [0.2, 0.25) is 0 Å². The van der Waals surface area contributed by atoms with E-state index >= 15 is 0 Å². The van der Waals surface area contributed by atoms with Crippen LogP contribution in [0.1, 0.15) is 29.6 Å². The first-order valence-corrected chi connectivity index (χ1v) is 9.03. The van der Waals surface area contributed by atoms with Crippen molar-refractivity contribution in [1.29, 1.82) is 0 Å². The monoisotopic (exact) mass is 345 g/mol. The van der Waals surface area contributed by atoms with Gasteiger partial charge in [-0.15, -0.1) is 5.10 Å². The first kappa shape index (κ1) is 15.3. The van der Waals surface area contributed by atoms with Crippen LogP contribution in [-0.4, -0.2) is 43.6 Å². The highest BCUT2D eigenvalue weighted by molar-refractivity contribution is 5.96. The summed E-state index contributed by atoms with van der Waals surface area (Å²) in [6.45, 7) is 0.888. The molecule has 1 saturated heterocycles. The number of aromatic nitrogens is 4. The van der Waals surface area contributed by atoms with Crippen LogP contribution in [-0.2, 0) is 0 Å². The van der Waals surface area contributed by atoms with Crippen molar-refractivity contribution >= 4 is 5.91 Å². The first-order valence-electron chi connectivity index (χ1n) is 9.03. The lowest BCUT2D eigenvalue weighted by molar-refractivity contribution is 0.0703. The Labute approximate surface area is 151 Å². The number of tetrazole rings is 1. The summed E-state index contributed by atoms with van der Waals surface area (Å²) in [5.41, 5.74) is 3.55. The van der Waals surface area contributed by atoms with E-state index < -0.39 is 0 Å². The fourth-order valence-electron chi connectivity index (χ4n) is 4.28. The van der Waals surface area contributed by atoms with Gasteiger partial charge in [-0.25, -0.2) is 4.68 Å². The third-order valence-corrected chi connectivity index (χ3v) is 5.56. The lowest BCUT2D eigenvalue weighted by Crippen LogP contribution is -2.37. The van der Waals surface area contributed by atoms with Crippen LogP contribution < -0.4 is 0 Å². The molecule has 2 fully saturated rings. The second-order valence-corrected chi connectivity index (χ2v) is 7.18. The number of likely N-dealkylation sites (tertiary alicyclic amines) is 1. The SMILES string of the molecule is O=C(c1cc(-c2ccccc2)cc(-n2cnnn2)c1)N1CC2CCC1C2. The van der Waals surface area contributed by atoms with Gasteiger partial charge in [0.1, 0.15) is 6.33 Å². The van der Waals surface area contributed by atoms with E-state index in [-0.39, 0.29) is 5.91 Å². The van der Waals surface area contributed by atoms with Crippen LogP contribution in [0, 0.1) is 5.92 Å². The van der Waals surface area contributed by atoms with Gasteiger partial charge in [0, 0.05) is 18.2 Å². The zero-order chi connectivity index (χ0) is 17.5. The predicted octanol–water partition coefficient (Wildman–Crippen LogP) is 2.95. The highest BCUT2D eigenvalue weighted by atomic mass is 16.2. The quantitative estimate of drug-likeness (QED) is 0.732. The topological polar surface area (TPSA) is 63.9 Å². The normalized spacial score (nSPS) is 21.3. The summed E-state index contributed by atoms with van der Waals surface area (Å²) in [4.78, 5) is 15.3. The lowest BCUT2D eigenvalue weighted by Gasteiger charge is -2.27. The molecule has 3 aromatic rings. The molecular weight excluding hydrogens is 326 g/mol. The molecule has 1 aliphatic heterocycles. The summed E-state index contributed by atoms with van der Waals surface area (Å²) in [5.74, 6) is 0.796. The zero-order valence-electron chi connectivity index (χ0n) is 14.3. The zero-order valence-corrected chi connectivity index (χ0v) is 14.3. The van der Waals surface area contributed by atoms with Crippen molar-refractivity contribution in [3.8, 4) is 16.8 Å². The lowest BCUT2D eigenvalue weighted by atomic mass is 10.0. The van der Waals surface area contributed by atoms with E-state index in [2.05, 4.69) is 20.4 Å². The van der Waals surface area contributed by atoms with Crippen molar-refractivity contribution in [2.75, 3.05) is 6.54 Å². The third kappa shape index (κ3) is 2.58. The minimum Gasteiger partial charge on any atom is -0.335 e. The predicted molar refractivity (Wildman–Crippen MR) is 96.8 cm³/mol. The molecule has 0 radical (unpaired) electrons. The Balaban J connectivity index is 1.58. The summed E-state index contributed by atoms with van der Waals surface area (Å²) in [6.07, 6.45) is 5.10. The van der Waals surface area contributed by atoms with Crippen LogP contribution in [0.3, 0.4) is 0 Å². The minimum atomic E-state index is 0.115. The summed E-state index contributed by atoms with van der Waals surface area (Å²) in [5, 5.41) is 11.4. The number of piperidine rings is 1. The molecule has 1 saturated carbocycles. The first-order chi connectivity index (χ1) is 12.8. The Morgan fingerprint density at radius 1 is 1.04 bits per heavy atom. The molecule has 1 amide bonds. The maximum absolute atomic E-state index is 13.2. The third-order valence-electron chi connectivity index (χ3n) is 5.56. The van der Waals surface area contributed by atoms with E-state index in [1.165, 1.54) is 6.42 Å². The van der Waals surface area contributed by atoms with Crippen molar-refractivity contribution in [2.24, 2.45) is 5.92 Å². The van der Waals surface area contributed by atoms with Crippen LogP contribution in [0.4, 0.5) is 0 Å². The van der Waals surface area contributed by atoms with Crippen molar-refractivity contribution in [3.05, 3.63) is 60.4 Å². The molecule has 2 unspecified atom stereocenters. The number of fused-ring (bicyclic) bond motifs is 2. The molecule has 0 spiro atoms. The fourth-order valence-corrected chi connectivity index (χ4v) is 4.28. The van der Waals surface area contributed by atoms with Gasteiger partial charge in [-0.2, -0.15) is 0 Å². The van der Waals surface area contributed by atoms with Crippen molar-refractivity contribution in [1.82, 2.24) is 25.1 Å². The molecule has 2 atom stereocenters. The van der Waals surface area contributed by atoms with Crippen LogP contribution in [0.25, 0.3) is 16.8 Å². The molecule has 130 valence electrons. The molecule has 1 aromatic heterocycles. The summed E-state index contributed by atoms with van der Waals surface area (Å²) in [7, 11) is 0. The van der Waals surface area contributed by atoms with Gasteiger partial charge >= 0.3 is 0 Å². The Morgan fingerprint density at radius 2 is 1.92 bits per heavy atom. The van der Waals surface area contributed by atoms with Gasteiger partial charge in [-0.05, 0) is 64.9 Å². The summed E-state index contributed by atoms with van der Waals surface area (Å²) < 4.78 is 1.60. The second-order valence-electron chi connectivity index (χ2n) is 7.18. The number of rotatable bonds is 3. The molecule has 2 aromatic carbocycles. The smallest absolute Gasteiger partial charge is 0.254 e. The summed E-state index contributed by atoms with van der Waals surface area (Å²) in [6, 6.07) is 16.4. The molecule has 2 heterocycles. The number of carbonyl (C=O) groups is 1. The molecular formula is C20H19N5O. The van der Waals surface area contributed by atoms with Crippen LogP contribution in [0.2, 0.25) is 0 Å². The van der Waals surface area contributed by atoms with E-state index in [0.717, 1.165) is 36.2 Å². The summed E-state index contributed by atoms with van der Waals surface area (Å²) >= 11 is 0. The van der Waals surface area contributed by atoms with Gasteiger partial charge in [-0.3, -0.25) is 4.79 Å². The molecule has 6 nitrogen and oxygen atoms in total. The van der Waals surface area contributed by atoms with Crippen LogP contribution in [0.5, 0.6) is 0 Å². The molecule has 6 heteroatoms. The number of hydrogen-bond donors (Lipinski definition) is 0. The van der Waals surface area contributed by atoms with Gasteiger partial charge in [0.15, 0.2) is 0 Å². The highest BCUT2D eigenvalue weighted by Crippen LogP contribution is 2.38. The number of carbonyl (C=O) groups excluding carboxylic acids is 1. The number of hydrogen-bond acceptors (Lipinski definition) is 4. The van der Waals surface area contributed by atoms with E-state index in [1.54, 1.807) is 11.0 Å². The van der Waals surface area contributed by atoms with E-state index in [9.17, 15) is 4.79 Å². The maximum Gasteiger partial charge on any atom is 0.254 e. The molecule has 2 aliphatic rings. The Morgan fingerprint density at radius 3 is 2.62 bits per heavy atom. The number of benzene rings is 2. The molecule has 2 bridgehead atoms. The molecule has 0 N–H and O–H groups in total. The molecule has 5 rings (SSSR count). The van der Waals surface area contributed by atoms with Crippen LogP contribution in [0.15, 0.2) is 54.9 Å². The van der Waals surface area contributed by atoms with Gasteiger partial charge in [-0.1, -0.05) is 30.3 Å². The Kier molecular flexibility index (Phi) is 3.55. The maximum atomic E-state index is 13.2. The Bertz CT molecular complexity index is 938. The Hall–Kier alpha value is -3.02. The van der Waals surface area contributed by atoms with E-state index in [1.807, 2.05) is 48.5 Å². The van der Waals surface area contributed by atoms with Crippen molar-refractivity contribution in [2.45, 2.75) is 25.3 Å². The van der Waals surface area contributed by atoms with Gasteiger partial charge < -0.3 is 4.90 Å².